The van der Waals surface area contributed by atoms with Crippen molar-refractivity contribution in [3.63, 3.8) is 0 Å². The monoisotopic (exact) mass is 410 g/mol. The number of rotatable bonds is 11. The number of carbonyl (C=O) groups excluding carboxylic acids is 2. The van der Waals surface area contributed by atoms with Gasteiger partial charge in [0.2, 0.25) is 5.91 Å². The fraction of sp³-hybridized carbons (Fsp3) is 0.440. The molecule has 30 heavy (non-hydrogen) atoms. The molecular formula is C25H34N2O3. The highest BCUT2D eigenvalue weighted by molar-refractivity contribution is 5.94. The summed E-state index contributed by atoms with van der Waals surface area (Å²) in [7, 11) is 0. The van der Waals surface area contributed by atoms with E-state index in [1.807, 2.05) is 48.5 Å². The molecule has 5 heteroatoms. The SMILES string of the molecule is CCc1ccc(N(CCOCCNC(=O)c2ccc(C(C)CC)cc2)C(C)=O)cc1. The van der Waals surface area contributed by atoms with Crippen LogP contribution in [0.3, 0.4) is 0 Å². The standard InChI is InChI=1S/C25H34N2O3/c1-5-19(3)22-9-11-23(12-10-22)25(29)26-15-17-30-18-16-27(20(4)28)24-13-7-21(6-2)8-14-24/h7-14,19H,5-6,15-18H2,1-4H3,(H,26,29). The lowest BCUT2D eigenvalue weighted by Gasteiger charge is -2.21. The van der Waals surface area contributed by atoms with E-state index in [0.29, 0.717) is 37.8 Å². The van der Waals surface area contributed by atoms with Gasteiger partial charge in [-0.1, -0.05) is 45.0 Å². The molecule has 0 saturated carbocycles. The minimum atomic E-state index is -0.101. The van der Waals surface area contributed by atoms with E-state index >= 15 is 0 Å². The number of anilines is 1. The Morgan fingerprint density at radius 3 is 2.23 bits per heavy atom. The van der Waals surface area contributed by atoms with E-state index in [1.54, 1.807) is 11.8 Å². The number of benzene rings is 2. The Hall–Kier alpha value is -2.66. The topological polar surface area (TPSA) is 58.6 Å². The zero-order chi connectivity index (χ0) is 21.9. The van der Waals surface area contributed by atoms with Gasteiger partial charge in [-0.15, -0.1) is 0 Å². The first-order valence-corrected chi connectivity index (χ1v) is 10.8. The maximum absolute atomic E-state index is 12.2. The molecule has 1 unspecified atom stereocenters. The molecule has 2 aromatic rings. The molecule has 1 N–H and O–H groups in total. The van der Waals surface area contributed by atoms with Crippen LogP contribution in [0.2, 0.25) is 0 Å². The predicted molar refractivity (Wildman–Crippen MR) is 122 cm³/mol. The normalized spacial score (nSPS) is 11.7. The third kappa shape index (κ3) is 6.99. The van der Waals surface area contributed by atoms with Crippen molar-refractivity contribution < 1.29 is 14.3 Å². The Bertz CT molecular complexity index is 800. The molecule has 5 nitrogen and oxygen atoms in total. The second kappa shape index (κ2) is 12.1. The van der Waals surface area contributed by atoms with Crippen molar-refractivity contribution in [1.82, 2.24) is 5.32 Å². The average molecular weight is 411 g/mol. The van der Waals surface area contributed by atoms with E-state index in [1.165, 1.54) is 11.1 Å². The summed E-state index contributed by atoms with van der Waals surface area (Å²) in [6, 6.07) is 15.8. The van der Waals surface area contributed by atoms with Crippen LogP contribution in [0.15, 0.2) is 48.5 Å². The summed E-state index contributed by atoms with van der Waals surface area (Å²) >= 11 is 0. The van der Waals surface area contributed by atoms with Gasteiger partial charge in [-0.2, -0.15) is 0 Å². The van der Waals surface area contributed by atoms with Crippen molar-refractivity contribution in [1.29, 1.82) is 0 Å². The fourth-order valence-electron chi connectivity index (χ4n) is 3.18. The van der Waals surface area contributed by atoms with Crippen molar-refractivity contribution in [3.05, 3.63) is 65.2 Å². The van der Waals surface area contributed by atoms with Gasteiger partial charge in [0.05, 0.1) is 13.2 Å². The molecule has 2 amide bonds. The highest BCUT2D eigenvalue weighted by atomic mass is 16.5. The van der Waals surface area contributed by atoms with Crippen LogP contribution >= 0.6 is 0 Å². The number of carbonyl (C=O) groups is 2. The van der Waals surface area contributed by atoms with Crippen molar-refractivity contribution in [2.24, 2.45) is 0 Å². The maximum atomic E-state index is 12.2. The Morgan fingerprint density at radius 1 is 1.00 bits per heavy atom. The third-order valence-electron chi connectivity index (χ3n) is 5.38. The van der Waals surface area contributed by atoms with E-state index in [2.05, 4.69) is 26.1 Å². The molecule has 0 aromatic heterocycles. The number of nitrogens with zero attached hydrogens (tertiary/aromatic N) is 1. The average Bonchev–Trinajstić information content (AvgIpc) is 2.77. The number of ether oxygens (including phenoxy) is 1. The number of nitrogens with one attached hydrogen (secondary N) is 1. The van der Waals surface area contributed by atoms with Crippen LogP contribution < -0.4 is 10.2 Å². The van der Waals surface area contributed by atoms with Crippen LogP contribution in [0.1, 0.15) is 61.5 Å². The Kier molecular flexibility index (Phi) is 9.55. The summed E-state index contributed by atoms with van der Waals surface area (Å²) in [5.74, 6) is 0.377. The van der Waals surface area contributed by atoms with E-state index in [4.69, 9.17) is 4.74 Å². The fourth-order valence-corrected chi connectivity index (χ4v) is 3.18. The lowest BCUT2D eigenvalue weighted by Crippen LogP contribution is -2.33. The summed E-state index contributed by atoms with van der Waals surface area (Å²) in [5, 5.41) is 2.87. The van der Waals surface area contributed by atoms with Gasteiger partial charge in [-0.05, 0) is 54.2 Å². The molecule has 0 aliphatic carbocycles. The van der Waals surface area contributed by atoms with Gasteiger partial charge in [0.15, 0.2) is 0 Å². The lowest BCUT2D eigenvalue weighted by molar-refractivity contribution is -0.116. The van der Waals surface area contributed by atoms with Crippen LogP contribution in [-0.2, 0) is 16.0 Å². The second-order valence-electron chi connectivity index (χ2n) is 7.49. The van der Waals surface area contributed by atoms with Crippen LogP contribution in [0.4, 0.5) is 5.69 Å². The molecule has 0 saturated heterocycles. The quantitative estimate of drug-likeness (QED) is 0.553. The minimum Gasteiger partial charge on any atom is -0.378 e. The minimum absolute atomic E-state index is 0.0167. The zero-order valence-electron chi connectivity index (χ0n) is 18.6. The van der Waals surface area contributed by atoms with Gasteiger partial charge < -0.3 is 15.0 Å². The van der Waals surface area contributed by atoms with Crippen LogP contribution in [0, 0.1) is 0 Å². The van der Waals surface area contributed by atoms with E-state index in [0.717, 1.165) is 18.5 Å². The van der Waals surface area contributed by atoms with E-state index < -0.39 is 0 Å². The first-order chi connectivity index (χ1) is 14.5. The molecular weight excluding hydrogens is 376 g/mol. The number of amides is 2. The highest BCUT2D eigenvalue weighted by Gasteiger charge is 2.11. The predicted octanol–water partition coefficient (Wildman–Crippen LogP) is 4.56. The van der Waals surface area contributed by atoms with Crippen molar-refractivity contribution in [2.75, 3.05) is 31.2 Å². The zero-order valence-corrected chi connectivity index (χ0v) is 18.6. The van der Waals surface area contributed by atoms with Crippen LogP contribution in [0.25, 0.3) is 0 Å². The molecule has 2 rings (SSSR count). The van der Waals surface area contributed by atoms with Crippen LogP contribution in [0.5, 0.6) is 0 Å². The summed E-state index contributed by atoms with van der Waals surface area (Å²) in [5.41, 5.74) is 4.01. The molecule has 0 bridgehead atoms. The van der Waals surface area contributed by atoms with Crippen molar-refractivity contribution >= 4 is 17.5 Å². The summed E-state index contributed by atoms with van der Waals surface area (Å²) in [6.45, 7) is 9.71. The first-order valence-electron chi connectivity index (χ1n) is 10.8. The Balaban J connectivity index is 1.72. The smallest absolute Gasteiger partial charge is 0.251 e. The van der Waals surface area contributed by atoms with Gasteiger partial charge in [0, 0.05) is 31.3 Å². The van der Waals surface area contributed by atoms with Gasteiger partial charge in [0.25, 0.3) is 5.91 Å². The van der Waals surface area contributed by atoms with Gasteiger partial charge in [-0.25, -0.2) is 0 Å². The molecule has 2 aromatic carbocycles. The second-order valence-corrected chi connectivity index (χ2v) is 7.49. The molecule has 162 valence electrons. The lowest BCUT2D eigenvalue weighted by atomic mass is 9.97. The van der Waals surface area contributed by atoms with Crippen molar-refractivity contribution in [2.45, 2.75) is 46.5 Å². The van der Waals surface area contributed by atoms with Crippen molar-refractivity contribution in [3.8, 4) is 0 Å². The summed E-state index contributed by atoms with van der Waals surface area (Å²) in [4.78, 5) is 25.9. The van der Waals surface area contributed by atoms with Gasteiger partial charge in [-0.3, -0.25) is 9.59 Å². The molecule has 0 spiro atoms. The largest absolute Gasteiger partial charge is 0.378 e. The summed E-state index contributed by atoms with van der Waals surface area (Å²) < 4.78 is 5.62. The van der Waals surface area contributed by atoms with Gasteiger partial charge >= 0.3 is 0 Å². The molecule has 0 aliphatic heterocycles. The highest BCUT2D eigenvalue weighted by Crippen LogP contribution is 2.19. The molecule has 1 atom stereocenters. The number of hydrogen-bond donors (Lipinski definition) is 1. The summed E-state index contributed by atoms with van der Waals surface area (Å²) in [6.07, 6.45) is 2.05. The maximum Gasteiger partial charge on any atom is 0.251 e. The molecule has 0 radical (unpaired) electrons. The Labute approximate surface area is 180 Å². The van der Waals surface area contributed by atoms with Gasteiger partial charge in [0.1, 0.15) is 0 Å². The number of aryl methyl sites for hydroxylation is 1. The molecule has 0 aliphatic rings. The molecule has 0 fully saturated rings. The van der Waals surface area contributed by atoms with Crippen LogP contribution in [-0.4, -0.2) is 38.1 Å². The first kappa shape index (κ1) is 23.6. The third-order valence-corrected chi connectivity index (χ3v) is 5.38. The Morgan fingerprint density at radius 2 is 1.67 bits per heavy atom. The van der Waals surface area contributed by atoms with E-state index in [9.17, 15) is 9.59 Å². The number of hydrogen-bond acceptors (Lipinski definition) is 3. The van der Waals surface area contributed by atoms with E-state index in [-0.39, 0.29) is 11.8 Å². The molecule has 0 heterocycles.